The van der Waals surface area contributed by atoms with E-state index in [2.05, 4.69) is 15.2 Å². The number of hydrogen-bond donors (Lipinski definition) is 2. The van der Waals surface area contributed by atoms with E-state index in [-0.39, 0.29) is 0 Å². The van der Waals surface area contributed by atoms with Crippen LogP contribution in [0, 0.1) is 0 Å². The van der Waals surface area contributed by atoms with Crippen LogP contribution in [0.4, 0.5) is 5.82 Å². The molecule has 0 saturated carbocycles. The largest absolute Gasteiger partial charge is 0.382 e. The third kappa shape index (κ3) is 2.72. The third-order valence-electron chi connectivity index (χ3n) is 4.16. The number of rotatable bonds is 3. The van der Waals surface area contributed by atoms with Gasteiger partial charge in [0.15, 0.2) is 0 Å². The van der Waals surface area contributed by atoms with E-state index in [9.17, 15) is 0 Å². The fraction of sp³-hybridized carbons (Fsp3) is 0.105. The second kappa shape index (κ2) is 6.18. The molecule has 2 aromatic heterocycles. The molecule has 4 rings (SSSR count). The highest BCUT2D eigenvalue weighted by molar-refractivity contribution is 6.35. The lowest BCUT2D eigenvalue weighted by Crippen LogP contribution is -2.04. The zero-order valence-corrected chi connectivity index (χ0v) is 14.4. The Kier molecular flexibility index (Phi) is 3.86. The number of hydrogen-bond acceptors (Lipinski definition) is 4. The maximum atomic E-state index is 6.41. The fourth-order valence-corrected chi connectivity index (χ4v) is 3.16. The lowest BCUT2D eigenvalue weighted by molar-refractivity contribution is 1.02. The van der Waals surface area contributed by atoms with Crippen molar-refractivity contribution in [1.82, 2.24) is 20.2 Å². The Balaban J connectivity index is 2.01. The molecule has 124 valence electrons. The summed E-state index contributed by atoms with van der Waals surface area (Å²) in [7, 11) is 0. The fourth-order valence-electron chi connectivity index (χ4n) is 2.89. The van der Waals surface area contributed by atoms with Crippen LogP contribution in [0.1, 0.15) is 12.6 Å². The lowest BCUT2D eigenvalue weighted by Gasteiger charge is -2.13. The van der Waals surface area contributed by atoms with Gasteiger partial charge in [0.1, 0.15) is 5.82 Å². The van der Waals surface area contributed by atoms with Crippen LogP contribution < -0.4 is 5.73 Å². The number of anilines is 1. The SMILES string of the molecule is CCc1nc(-c2cc(Cl)c3[nH]ncc3c2)c(-c2ccccc2)nc1N. The number of nitrogens with zero attached hydrogens (tertiary/aromatic N) is 3. The first-order valence-electron chi connectivity index (χ1n) is 8.02. The molecule has 0 amide bonds. The van der Waals surface area contributed by atoms with Crippen molar-refractivity contribution < 1.29 is 0 Å². The van der Waals surface area contributed by atoms with Gasteiger partial charge >= 0.3 is 0 Å². The van der Waals surface area contributed by atoms with Crippen molar-refractivity contribution >= 4 is 28.3 Å². The average Bonchev–Trinajstić information content (AvgIpc) is 3.11. The standard InChI is InChI=1S/C19H16ClN5/c1-2-15-19(21)24-17(11-6-4-3-5-7-11)18(23-15)12-8-13-10-22-25-16(13)14(20)9-12/h3-10H,2H2,1H3,(H2,21,24)(H,22,25). The summed E-state index contributed by atoms with van der Waals surface area (Å²) < 4.78 is 0. The second-order valence-corrected chi connectivity index (χ2v) is 6.17. The van der Waals surface area contributed by atoms with E-state index in [1.165, 1.54) is 0 Å². The molecule has 0 saturated heterocycles. The van der Waals surface area contributed by atoms with Crippen molar-refractivity contribution in [2.75, 3.05) is 5.73 Å². The van der Waals surface area contributed by atoms with Crippen molar-refractivity contribution in [3.8, 4) is 22.5 Å². The summed E-state index contributed by atoms with van der Waals surface area (Å²) in [5.41, 5.74) is 11.1. The van der Waals surface area contributed by atoms with E-state index in [1.54, 1.807) is 6.20 Å². The van der Waals surface area contributed by atoms with E-state index < -0.39 is 0 Å². The van der Waals surface area contributed by atoms with E-state index in [4.69, 9.17) is 22.3 Å². The summed E-state index contributed by atoms with van der Waals surface area (Å²) in [6.07, 6.45) is 2.46. The van der Waals surface area contributed by atoms with E-state index in [1.807, 2.05) is 49.4 Å². The number of nitrogens with one attached hydrogen (secondary N) is 1. The number of aryl methyl sites for hydroxylation is 1. The van der Waals surface area contributed by atoms with Gasteiger partial charge in [-0.3, -0.25) is 5.10 Å². The van der Waals surface area contributed by atoms with Crippen molar-refractivity contribution in [2.45, 2.75) is 13.3 Å². The number of nitrogens with two attached hydrogens (primary N) is 1. The van der Waals surface area contributed by atoms with Crippen LogP contribution in [-0.4, -0.2) is 20.2 Å². The Bertz CT molecular complexity index is 1060. The minimum absolute atomic E-state index is 0.459. The van der Waals surface area contributed by atoms with Gasteiger partial charge in [-0.2, -0.15) is 5.10 Å². The van der Waals surface area contributed by atoms with Crippen LogP contribution in [0.15, 0.2) is 48.7 Å². The molecule has 5 nitrogen and oxygen atoms in total. The van der Waals surface area contributed by atoms with Gasteiger partial charge in [0, 0.05) is 16.5 Å². The topological polar surface area (TPSA) is 80.5 Å². The van der Waals surface area contributed by atoms with Crippen LogP contribution >= 0.6 is 11.6 Å². The summed E-state index contributed by atoms with van der Waals surface area (Å²) in [4.78, 5) is 9.43. The van der Waals surface area contributed by atoms with E-state index in [0.717, 1.165) is 39.1 Å². The molecule has 0 atom stereocenters. The summed E-state index contributed by atoms with van der Waals surface area (Å²) in [6, 6.07) is 13.8. The average molecular weight is 350 g/mol. The minimum atomic E-state index is 0.459. The molecule has 0 radical (unpaired) electrons. The number of aromatic amines is 1. The van der Waals surface area contributed by atoms with Crippen LogP contribution in [0.2, 0.25) is 5.02 Å². The normalized spacial score (nSPS) is 11.1. The molecule has 0 aliphatic rings. The minimum Gasteiger partial charge on any atom is -0.382 e. The van der Waals surface area contributed by atoms with Gasteiger partial charge in [0.25, 0.3) is 0 Å². The highest BCUT2D eigenvalue weighted by Crippen LogP contribution is 2.34. The highest BCUT2D eigenvalue weighted by Gasteiger charge is 2.16. The molecule has 25 heavy (non-hydrogen) atoms. The third-order valence-corrected chi connectivity index (χ3v) is 4.45. The first-order valence-corrected chi connectivity index (χ1v) is 8.40. The number of H-pyrrole nitrogens is 1. The molecule has 0 fully saturated rings. The maximum Gasteiger partial charge on any atom is 0.145 e. The molecule has 2 heterocycles. The number of aromatic nitrogens is 4. The van der Waals surface area contributed by atoms with E-state index >= 15 is 0 Å². The summed E-state index contributed by atoms with van der Waals surface area (Å²) in [5, 5.41) is 8.49. The molecular weight excluding hydrogens is 334 g/mol. The number of halogens is 1. The molecule has 0 aliphatic heterocycles. The first kappa shape index (κ1) is 15.6. The zero-order chi connectivity index (χ0) is 17.4. The molecule has 6 heteroatoms. The predicted molar refractivity (Wildman–Crippen MR) is 101 cm³/mol. The van der Waals surface area contributed by atoms with E-state index in [0.29, 0.717) is 17.3 Å². The molecular formula is C19H16ClN5. The zero-order valence-electron chi connectivity index (χ0n) is 13.6. The van der Waals surface area contributed by atoms with Crippen LogP contribution in [-0.2, 0) is 6.42 Å². The van der Waals surface area contributed by atoms with Gasteiger partial charge in [0.05, 0.1) is 33.8 Å². The quantitative estimate of drug-likeness (QED) is 0.571. The molecule has 4 aromatic rings. The van der Waals surface area contributed by atoms with Crippen molar-refractivity contribution in [1.29, 1.82) is 0 Å². The Morgan fingerprint density at radius 1 is 1.04 bits per heavy atom. The molecule has 0 aliphatic carbocycles. The van der Waals surface area contributed by atoms with Gasteiger partial charge in [-0.05, 0) is 18.6 Å². The molecule has 0 bridgehead atoms. The van der Waals surface area contributed by atoms with Crippen LogP contribution in [0.3, 0.4) is 0 Å². The molecule has 0 unspecified atom stereocenters. The van der Waals surface area contributed by atoms with Crippen LogP contribution in [0.25, 0.3) is 33.4 Å². The molecule has 0 spiro atoms. The predicted octanol–water partition coefficient (Wildman–Crippen LogP) is 4.48. The summed E-state index contributed by atoms with van der Waals surface area (Å²) in [5.74, 6) is 0.459. The Morgan fingerprint density at radius 2 is 1.80 bits per heavy atom. The Labute approximate surface area is 149 Å². The second-order valence-electron chi connectivity index (χ2n) is 5.76. The van der Waals surface area contributed by atoms with Gasteiger partial charge in [-0.15, -0.1) is 0 Å². The smallest absolute Gasteiger partial charge is 0.145 e. The number of fused-ring (bicyclic) bond motifs is 1. The monoisotopic (exact) mass is 349 g/mol. The van der Waals surface area contributed by atoms with Gasteiger partial charge in [-0.1, -0.05) is 48.9 Å². The van der Waals surface area contributed by atoms with Crippen LogP contribution in [0.5, 0.6) is 0 Å². The lowest BCUT2D eigenvalue weighted by atomic mass is 10.0. The van der Waals surface area contributed by atoms with Gasteiger partial charge < -0.3 is 5.73 Å². The first-order chi connectivity index (χ1) is 12.2. The van der Waals surface area contributed by atoms with Crippen molar-refractivity contribution in [2.24, 2.45) is 0 Å². The van der Waals surface area contributed by atoms with Crippen molar-refractivity contribution in [3.63, 3.8) is 0 Å². The Morgan fingerprint density at radius 3 is 2.56 bits per heavy atom. The summed E-state index contributed by atoms with van der Waals surface area (Å²) in [6.45, 7) is 2.01. The number of nitrogen functional groups attached to an aromatic ring is 1. The van der Waals surface area contributed by atoms with Crippen molar-refractivity contribution in [3.05, 3.63) is 59.4 Å². The summed E-state index contributed by atoms with van der Waals surface area (Å²) >= 11 is 6.41. The Hall–Kier alpha value is -2.92. The number of benzene rings is 2. The maximum absolute atomic E-state index is 6.41. The molecule has 2 aromatic carbocycles. The highest BCUT2D eigenvalue weighted by atomic mass is 35.5. The van der Waals surface area contributed by atoms with Gasteiger partial charge in [0.2, 0.25) is 0 Å². The van der Waals surface area contributed by atoms with Gasteiger partial charge in [-0.25, -0.2) is 9.97 Å². The molecule has 3 N–H and O–H groups in total.